The summed E-state index contributed by atoms with van der Waals surface area (Å²) in [6.07, 6.45) is -0.824. The highest BCUT2D eigenvalue weighted by molar-refractivity contribution is 5.90. The molecule has 0 radical (unpaired) electrons. The highest BCUT2D eigenvalue weighted by atomic mass is 16.6. The van der Waals surface area contributed by atoms with Gasteiger partial charge in [-0.3, -0.25) is 9.59 Å². The number of amides is 2. The summed E-state index contributed by atoms with van der Waals surface area (Å²) in [4.78, 5) is 50.1. The van der Waals surface area contributed by atoms with Crippen molar-refractivity contribution in [1.29, 1.82) is 0 Å². The van der Waals surface area contributed by atoms with Gasteiger partial charge in [0.1, 0.15) is 24.3 Å². The van der Waals surface area contributed by atoms with E-state index in [1.54, 1.807) is 20.8 Å². The van der Waals surface area contributed by atoms with Crippen molar-refractivity contribution in [2.75, 3.05) is 7.11 Å². The van der Waals surface area contributed by atoms with E-state index >= 15 is 0 Å². The first-order valence-corrected chi connectivity index (χ1v) is 11.7. The molecule has 0 aliphatic carbocycles. The van der Waals surface area contributed by atoms with Crippen molar-refractivity contribution < 1.29 is 33.4 Å². The lowest BCUT2D eigenvalue weighted by molar-refractivity contribution is -0.146. The van der Waals surface area contributed by atoms with E-state index in [2.05, 4.69) is 10.6 Å². The van der Waals surface area contributed by atoms with Gasteiger partial charge >= 0.3 is 18.0 Å². The number of carbonyl (C=O) groups is 4. The summed E-state index contributed by atoms with van der Waals surface area (Å²) in [5.41, 5.74) is 0.852. The third kappa shape index (κ3) is 10.6. The van der Waals surface area contributed by atoms with Gasteiger partial charge in [-0.25, -0.2) is 9.59 Å². The predicted molar refractivity (Wildman–Crippen MR) is 133 cm³/mol. The molecule has 0 aliphatic heterocycles. The second-order valence-corrected chi connectivity index (χ2v) is 9.16. The van der Waals surface area contributed by atoms with Crippen molar-refractivity contribution in [3.8, 4) is 0 Å². The Hall–Kier alpha value is -3.88. The van der Waals surface area contributed by atoms with Crippen LogP contribution in [0.1, 0.15) is 44.7 Å². The molecule has 0 saturated carbocycles. The molecule has 9 heteroatoms. The Bertz CT molecular complexity index is 1000. The Morgan fingerprint density at radius 2 is 1.42 bits per heavy atom. The summed E-state index contributed by atoms with van der Waals surface area (Å²) in [6, 6.07) is 16.2. The lowest BCUT2D eigenvalue weighted by atomic mass is 10.0. The van der Waals surface area contributed by atoms with Gasteiger partial charge in [-0.05, 0) is 38.3 Å². The van der Waals surface area contributed by atoms with Gasteiger partial charge in [-0.15, -0.1) is 0 Å². The number of hydrogen-bond acceptors (Lipinski definition) is 7. The maximum absolute atomic E-state index is 13.1. The van der Waals surface area contributed by atoms with E-state index in [1.807, 2.05) is 60.7 Å². The van der Waals surface area contributed by atoms with Crippen LogP contribution in [0.4, 0.5) is 4.79 Å². The van der Waals surface area contributed by atoms with E-state index in [4.69, 9.17) is 14.2 Å². The normalized spacial score (nSPS) is 12.6. The van der Waals surface area contributed by atoms with Crippen molar-refractivity contribution in [2.45, 2.75) is 64.3 Å². The highest BCUT2D eigenvalue weighted by Crippen LogP contribution is 2.10. The first-order valence-electron chi connectivity index (χ1n) is 11.7. The van der Waals surface area contributed by atoms with Crippen LogP contribution in [0.3, 0.4) is 0 Å². The molecule has 194 valence electrons. The van der Waals surface area contributed by atoms with Crippen LogP contribution in [0.15, 0.2) is 60.7 Å². The quantitative estimate of drug-likeness (QED) is 0.360. The number of rotatable bonds is 11. The number of esters is 2. The third-order valence-electron chi connectivity index (χ3n) is 4.97. The summed E-state index contributed by atoms with van der Waals surface area (Å²) in [5.74, 6) is -1.81. The van der Waals surface area contributed by atoms with Gasteiger partial charge < -0.3 is 24.8 Å². The Morgan fingerprint density at radius 1 is 0.833 bits per heavy atom. The van der Waals surface area contributed by atoms with Crippen LogP contribution in [0, 0.1) is 0 Å². The maximum Gasteiger partial charge on any atom is 0.408 e. The zero-order valence-corrected chi connectivity index (χ0v) is 21.1. The fraction of sp³-hybridized carbons (Fsp3) is 0.407. The minimum Gasteiger partial charge on any atom is -0.467 e. The van der Waals surface area contributed by atoms with Gasteiger partial charge in [0.15, 0.2) is 0 Å². The largest absolute Gasteiger partial charge is 0.467 e. The van der Waals surface area contributed by atoms with E-state index in [-0.39, 0.29) is 25.9 Å². The van der Waals surface area contributed by atoms with Crippen LogP contribution in [-0.4, -0.2) is 48.7 Å². The van der Waals surface area contributed by atoms with E-state index in [1.165, 1.54) is 7.11 Å². The predicted octanol–water partition coefficient (Wildman–Crippen LogP) is 3.30. The number of carbonyl (C=O) groups excluding carboxylic acids is 4. The van der Waals surface area contributed by atoms with Crippen LogP contribution in [0.5, 0.6) is 0 Å². The molecule has 0 fully saturated rings. The molecule has 2 aromatic carbocycles. The average molecular weight is 499 g/mol. The van der Waals surface area contributed by atoms with Gasteiger partial charge in [0.05, 0.1) is 7.11 Å². The van der Waals surface area contributed by atoms with Crippen LogP contribution < -0.4 is 10.6 Å². The van der Waals surface area contributed by atoms with Gasteiger partial charge in [0, 0.05) is 12.8 Å². The Labute approximate surface area is 211 Å². The highest BCUT2D eigenvalue weighted by Gasteiger charge is 2.29. The van der Waals surface area contributed by atoms with Gasteiger partial charge in [0.2, 0.25) is 5.91 Å². The second-order valence-electron chi connectivity index (χ2n) is 9.16. The van der Waals surface area contributed by atoms with Crippen molar-refractivity contribution in [3.63, 3.8) is 0 Å². The molecule has 2 amide bonds. The SMILES string of the molecule is COC(=O)[C@@H](Cc1ccccc1)NC(=O)[C@H](CCC(=O)OCc1ccccc1)NC(=O)OC(C)(C)C. The first-order chi connectivity index (χ1) is 17.1. The van der Waals surface area contributed by atoms with E-state index in [0.717, 1.165) is 11.1 Å². The lowest BCUT2D eigenvalue weighted by Crippen LogP contribution is -2.53. The smallest absolute Gasteiger partial charge is 0.408 e. The molecule has 0 aliphatic rings. The topological polar surface area (TPSA) is 120 Å². The molecular weight excluding hydrogens is 464 g/mol. The number of ether oxygens (including phenoxy) is 3. The monoisotopic (exact) mass is 498 g/mol. The summed E-state index contributed by atoms with van der Waals surface area (Å²) in [7, 11) is 1.23. The molecule has 0 saturated heterocycles. The number of benzene rings is 2. The maximum atomic E-state index is 13.1. The van der Waals surface area contributed by atoms with Crippen molar-refractivity contribution >= 4 is 23.9 Å². The minimum absolute atomic E-state index is 0.0576. The molecule has 0 spiro atoms. The zero-order valence-electron chi connectivity index (χ0n) is 21.1. The Kier molecular flexibility index (Phi) is 10.9. The molecule has 2 rings (SSSR count). The molecule has 0 bridgehead atoms. The van der Waals surface area contributed by atoms with Gasteiger partial charge in [0.25, 0.3) is 0 Å². The van der Waals surface area contributed by atoms with Gasteiger partial charge in [-0.1, -0.05) is 60.7 Å². The van der Waals surface area contributed by atoms with E-state index in [9.17, 15) is 19.2 Å². The fourth-order valence-electron chi connectivity index (χ4n) is 3.25. The average Bonchev–Trinajstić information content (AvgIpc) is 2.84. The number of hydrogen-bond donors (Lipinski definition) is 2. The van der Waals surface area contributed by atoms with Gasteiger partial charge in [-0.2, -0.15) is 0 Å². The summed E-state index contributed by atoms with van der Waals surface area (Å²) >= 11 is 0. The fourth-order valence-corrected chi connectivity index (χ4v) is 3.25. The summed E-state index contributed by atoms with van der Waals surface area (Å²) in [5, 5.41) is 5.13. The van der Waals surface area contributed by atoms with E-state index < -0.39 is 41.6 Å². The summed E-state index contributed by atoms with van der Waals surface area (Å²) < 4.78 is 15.4. The molecule has 2 aromatic rings. The molecule has 0 aromatic heterocycles. The minimum atomic E-state index is -1.15. The third-order valence-corrected chi connectivity index (χ3v) is 4.97. The van der Waals surface area contributed by atoms with Crippen molar-refractivity contribution in [3.05, 3.63) is 71.8 Å². The van der Waals surface area contributed by atoms with Crippen molar-refractivity contribution in [2.24, 2.45) is 0 Å². The molecule has 36 heavy (non-hydrogen) atoms. The standard InChI is InChI=1S/C27H34N2O7/c1-27(2,3)36-26(33)29-21(15-16-23(30)35-18-20-13-9-6-10-14-20)24(31)28-22(25(32)34-4)17-19-11-7-5-8-12-19/h5-14,21-22H,15-18H2,1-4H3,(H,28,31)(H,29,33)/t21-,22+/m0/s1. The Balaban J connectivity index is 2.06. The van der Waals surface area contributed by atoms with Crippen LogP contribution in [0.25, 0.3) is 0 Å². The van der Waals surface area contributed by atoms with Crippen LogP contribution >= 0.6 is 0 Å². The van der Waals surface area contributed by atoms with E-state index in [0.29, 0.717) is 0 Å². The molecule has 2 atom stereocenters. The number of nitrogens with one attached hydrogen (secondary N) is 2. The van der Waals surface area contributed by atoms with Crippen molar-refractivity contribution in [1.82, 2.24) is 10.6 Å². The molecule has 0 unspecified atom stereocenters. The van der Waals surface area contributed by atoms with Crippen LogP contribution in [-0.2, 0) is 41.6 Å². The molecular formula is C27H34N2O7. The first kappa shape index (κ1) is 28.4. The molecule has 9 nitrogen and oxygen atoms in total. The summed E-state index contributed by atoms with van der Waals surface area (Å²) in [6.45, 7) is 5.17. The number of alkyl carbamates (subject to hydrolysis) is 1. The lowest BCUT2D eigenvalue weighted by Gasteiger charge is -2.25. The Morgan fingerprint density at radius 3 is 1.97 bits per heavy atom. The van der Waals surface area contributed by atoms with Crippen LogP contribution in [0.2, 0.25) is 0 Å². The second kappa shape index (κ2) is 13.9. The molecule has 2 N–H and O–H groups in total. The number of methoxy groups -OCH3 is 1. The molecule has 0 heterocycles. The zero-order chi connectivity index (χ0) is 26.6.